The van der Waals surface area contributed by atoms with Gasteiger partial charge in [-0.15, -0.1) is 0 Å². The molecule has 31 heavy (non-hydrogen) atoms. The average Bonchev–Trinajstić information content (AvgIpc) is 3.51. The Morgan fingerprint density at radius 2 is 1.48 bits per heavy atom. The summed E-state index contributed by atoms with van der Waals surface area (Å²) in [5.41, 5.74) is 3.20. The molecule has 1 saturated carbocycles. The van der Waals surface area contributed by atoms with Crippen LogP contribution < -0.4 is 4.90 Å². The molecule has 0 spiro atoms. The van der Waals surface area contributed by atoms with Crippen molar-refractivity contribution in [1.82, 2.24) is 4.31 Å². The van der Waals surface area contributed by atoms with Gasteiger partial charge in [-0.3, -0.25) is 4.79 Å². The lowest BCUT2D eigenvalue weighted by molar-refractivity contribution is -0.141. The van der Waals surface area contributed by atoms with E-state index < -0.39 is 22.0 Å². The Hall–Kier alpha value is -2.38. The van der Waals surface area contributed by atoms with Gasteiger partial charge in [0, 0.05) is 24.8 Å². The van der Waals surface area contributed by atoms with Gasteiger partial charge in [-0.05, 0) is 73.4 Å². The quantitative estimate of drug-likeness (QED) is 0.761. The summed E-state index contributed by atoms with van der Waals surface area (Å²) in [6.07, 6.45) is 5.50. The zero-order valence-electron chi connectivity index (χ0n) is 17.5. The largest absolute Gasteiger partial charge is 0.480 e. The smallest absolute Gasteiger partial charge is 0.322 e. The van der Waals surface area contributed by atoms with E-state index >= 15 is 0 Å². The lowest BCUT2D eigenvalue weighted by atomic mass is 10.0. The predicted octanol–water partition coefficient (Wildman–Crippen LogP) is 3.97. The van der Waals surface area contributed by atoms with Gasteiger partial charge in [-0.25, -0.2) is 8.42 Å². The van der Waals surface area contributed by atoms with Crippen molar-refractivity contribution in [2.75, 3.05) is 18.0 Å². The van der Waals surface area contributed by atoms with Crippen molar-refractivity contribution < 1.29 is 18.3 Å². The van der Waals surface area contributed by atoms with Gasteiger partial charge in [0.1, 0.15) is 6.04 Å². The van der Waals surface area contributed by atoms with Crippen LogP contribution in [0.4, 0.5) is 5.69 Å². The van der Waals surface area contributed by atoms with Crippen LogP contribution in [0.2, 0.25) is 0 Å². The second-order valence-corrected chi connectivity index (χ2v) is 10.8. The van der Waals surface area contributed by atoms with Crippen LogP contribution in [0.15, 0.2) is 53.4 Å². The maximum Gasteiger partial charge on any atom is 0.322 e. The Bertz CT molecular complexity index is 1060. The summed E-state index contributed by atoms with van der Waals surface area (Å²) < 4.78 is 28.1. The number of carboxylic acid groups (broad SMARTS) is 1. The molecular formula is C24H28N2O4S. The van der Waals surface area contributed by atoms with E-state index in [1.807, 2.05) is 12.1 Å². The second kappa shape index (κ2) is 7.95. The number of aliphatic carboxylic acids is 1. The number of benzene rings is 2. The Morgan fingerprint density at radius 1 is 0.871 bits per heavy atom. The SMILES string of the molecule is O=C(O)[C@H]1C[C@H]2CCC[C@H]2N1S(=O)(=O)c1ccc(-c2ccc(N3CCCC3)cc2)cc1. The van der Waals surface area contributed by atoms with E-state index in [0.717, 1.165) is 43.5 Å². The normalized spacial score (nSPS) is 26.3. The lowest BCUT2D eigenvalue weighted by Gasteiger charge is -2.26. The zero-order chi connectivity index (χ0) is 21.6. The monoisotopic (exact) mass is 440 g/mol. The first-order valence-electron chi connectivity index (χ1n) is 11.2. The Balaban J connectivity index is 1.39. The first-order valence-corrected chi connectivity index (χ1v) is 12.6. The third kappa shape index (κ3) is 3.64. The van der Waals surface area contributed by atoms with Gasteiger partial charge in [-0.1, -0.05) is 30.7 Å². The van der Waals surface area contributed by atoms with Gasteiger partial charge in [0.25, 0.3) is 0 Å². The van der Waals surface area contributed by atoms with Crippen LogP contribution >= 0.6 is 0 Å². The third-order valence-electron chi connectivity index (χ3n) is 7.17. The highest BCUT2D eigenvalue weighted by Crippen LogP contribution is 2.44. The van der Waals surface area contributed by atoms with E-state index in [4.69, 9.17) is 0 Å². The molecule has 0 unspecified atom stereocenters. The Kier molecular flexibility index (Phi) is 5.26. The number of carboxylic acids is 1. The molecule has 3 atom stereocenters. The van der Waals surface area contributed by atoms with E-state index in [-0.39, 0.29) is 16.9 Å². The summed E-state index contributed by atoms with van der Waals surface area (Å²) >= 11 is 0. The highest BCUT2D eigenvalue weighted by atomic mass is 32.2. The van der Waals surface area contributed by atoms with E-state index in [9.17, 15) is 18.3 Å². The van der Waals surface area contributed by atoms with Gasteiger partial charge in [0.2, 0.25) is 10.0 Å². The summed E-state index contributed by atoms with van der Waals surface area (Å²) in [7, 11) is -3.86. The van der Waals surface area contributed by atoms with Gasteiger partial charge in [0.05, 0.1) is 4.90 Å². The molecule has 1 aliphatic carbocycles. The summed E-state index contributed by atoms with van der Waals surface area (Å²) in [4.78, 5) is 14.3. The van der Waals surface area contributed by atoms with Gasteiger partial charge in [-0.2, -0.15) is 4.31 Å². The Labute approximate surface area is 183 Å². The second-order valence-electron chi connectivity index (χ2n) is 8.95. The maximum atomic E-state index is 13.4. The molecule has 2 aromatic rings. The van der Waals surface area contributed by atoms with Gasteiger partial charge < -0.3 is 10.0 Å². The summed E-state index contributed by atoms with van der Waals surface area (Å²) in [5.74, 6) is -0.892. The molecular weight excluding hydrogens is 412 g/mol. The van der Waals surface area contributed by atoms with Crippen LogP contribution in [0, 0.1) is 5.92 Å². The zero-order valence-corrected chi connectivity index (χ0v) is 18.3. The molecule has 2 saturated heterocycles. The molecule has 0 radical (unpaired) electrons. The van der Waals surface area contributed by atoms with Crippen LogP contribution in [-0.4, -0.2) is 49.0 Å². The molecule has 1 N–H and O–H groups in total. The molecule has 2 heterocycles. The fraction of sp³-hybridized carbons (Fsp3) is 0.458. The number of rotatable bonds is 5. The van der Waals surface area contributed by atoms with Crippen LogP contribution in [-0.2, 0) is 14.8 Å². The number of hydrogen-bond acceptors (Lipinski definition) is 4. The van der Waals surface area contributed by atoms with Crippen LogP contribution in [0.25, 0.3) is 11.1 Å². The van der Waals surface area contributed by atoms with Crippen molar-refractivity contribution in [2.24, 2.45) is 5.92 Å². The molecule has 164 valence electrons. The van der Waals surface area contributed by atoms with Crippen LogP contribution in [0.1, 0.15) is 38.5 Å². The van der Waals surface area contributed by atoms with Crippen molar-refractivity contribution in [3.63, 3.8) is 0 Å². The number of carbonyl (C=O) groups is 1. The first kappa shape index (κ1) is 20.5. The van der Waals surface area contributed by atoms with Crippen molar-refractivity contribution in [2.45, 2.75) is 55.5 Å². The standard InChI is InChI=1S/C24H28N2O4S/c27-24(28)23-16-19-4-3-5-22(19)26(23)31(29,30)21-12-8-18(9-13-21)17-6-10-20(11-7-17)25-14-1-2-15-25/h6-13,19,22-23H,1-5,14-16H2,(H,27,28)/t19-,22-,23-/m1/s1. The van der Waals surface area contributed by atoms with E-state index in [1.54, 1.807) is 12.1 Å². The number of hydrogen-bond donors (Lipinski definition) is 1. The van der Waals surface area contributed by atoms with Gasteiger partial charge in [0.15, 0.2) is 0 Å². The van der Waals surface area contributed by atoms with E-state index in [0.29, 0.717) is 6.42 Å². The van der Waals surface area contributed by atoms with Gasteiger partial charge >= 0.3 is 5.97 Å². The Morgan fingerprint density at radius 3 is 2.10 bits per heavy atom. The van der Waals surface area contributed by atoms with Crippen molar-refractivity contribution in [3.8, 4) is 11.1 Å². The number of fused-ring (bicyclic) bond motifs is 1. The fourth-order valence-electron chi connectivity index (χ4n) is 5.59. The highest BCUT2D eigenvalue weighted by Gasteiger charge is 2.52. The third-order valence-corrected chi connectivity index (χ3v) is 9.11. The topological polar surface area (TPSA) is 77.9 Å². The van der Waals surface area contributed by atoms with Crippen LogP contribution in [0.3, 0.4) is 0 Å². The average molecular weight is 441 g/mol. The molecule has 3 fully saturated rings. The van der Waals surface area contributed by atoms with E-state index in [2.05, 4.69) is 29.2 Å². The molecule has 0 amide bonds. The molecule has 7 heteroatoms. The first-order chi connectivity index (χ1) is 14.9. The lowest BCUT2D eigenvalue weighted by Crippen LogP contribution is -2.44. The summed E-state index contributed by atoms with van der Waals surface area (Å²) in [5, 5.41) is 9.63. The summed E-state index contributed by atoms with van der Waals surface area (Å²) in [6, 6.07) is 14.1. The minimum absolute atomic E-state index is 0.157. The minimum atomic E-state index is -3.86. The summed E-state index contributed by atoms with van der Waals surface area (Å²) in [6.45, 7) is 2.20. The number of nitrogens with zero attached hydrogens (tertiary/aromatic N) is 2. The highest BCUT2D eigenvalue weighted by molar-refractivity contribution is 7.89. The molecule has 2 aromatic carbocycles. The number of sulfonamides is 1. The van der Waals surface area contributed by atoms with E-state index in [1.165, 1.54) is 22.8 Å². The fourth-order valence-corrected chi connectivity index (χ4v) is 7.45. The molecule has 5 rings (SSSR count). The number of anilines is 1. The maximum absolute atomic E-state index is 13.4. The minimum Gasteiger partial charge on any atom is -0.480 e. The molecule has 6 nitrogen and oxygen atoms in total. The molecule has 0 bridgehead atoms. The van der Waals surface area contributed by atoms with Crippen molar-refractivity contribution in [1.29, 1.82) is 0 Å². The van der Waals surface area contributed by atoms with Crippen molar-refractivity contribution >= 4 is 21.7 Å². The molecule has 2 aliphatic heterocycles. The van der Waals surface area contributed by atoms with Crippen LogP contribution in [0.5, 0.6) is 0 Å². The predicted molar refractivity (Wildman–Crippen MR) is 120 cm³/mol. The molecule has 3 aliphatic rings. The molecule has 0 aromatic heterocycles. The van der Waals surface area contributed by atoms with Crippen molar-refractivity contribution in [3.05, 3.63) is 48.5 Å².